The van der Waals surface area contributed by atoms with E-state index in [1.54, 1.807) is 18.2 Å². The van der Waals surface area contributed by atoms with Crippen LogP contribution in [-0.4, -0.2) is 14.7 Å². The molecule has 0 aliphatic carbocycles. The second-order valence-electron chi connectivity index (χ2n) is 4.43. The summed E-state index contributed by atoms with van der Waals surface area (Å²) in [5.41, 5.74) is 0.572. The first-order valence-electron chi connectivity index (χ1n) is 4.50. The summed E-state index contributed by atoms with van der Waals surface area (Å²) in [6.07, 6.45) is 0. The third-order valence-electron chi connectivity index (χ3n) is 2.10. The van der Waals surface area contributed by atoms with Crippen molar-refractivity contribution >= 4 is 13.2 Å². The van der Waals surface area contributed by atoms with E-state index >= 15 is 0 Å². The van der Waals surface area contributed by atoms with E-state index < -0.39 is 7.94 Å². The van der Waals surface area contributed by atoms with Crippen LogP contribution in [0.2, 0.25) is 0 Å². The molecule has 0 aromatic heterocycles. The minimum atomic E-state index is -4.19. The van der Waals surface area contributed by atoms with Crippen LogP contribution in [-0.2, 0) is 5.41 Å². The quantitative estimate of drug-likeness (QED) is 0.616. The normalized spacial score (nSPS) is 14.1. The van der Waals surface area contributed by atoms with Gasteiger partial charge in [-0.05, 0) is 0 Å². The van der Waals surface area contributed by atoms with Crippen molar-refractivity contribution in [1.29, 1.82) is 0 Å². The van der Waals surface area contributed by atoms with Crippen molar-refractivity contribution in [3.63, 3.8) is 0 Å². The molecule has 14 heavy (non-hydrogen) atoms. The Bertz CT molecular complexity index is 290. The molecule has 0 unspecified atom stereocenters. The maximum atomic E-state index is 9.28. The van der Waals surface area contributed by atoms with Crippen LogP contribution in [0.15, 0.2) is 24.3 Å². The Morgan fingerprint density at radius 3 is 1.86 bits per heavy atom. The Morgan fingerprint density at radius 1 is 1.00 bits per heavy atom. The van der Waals surface area contributed by atoms with Crippen LogP contribution < -0.4 is 5.30 Å². The molecule has 1 aromatic carbocycles. The summed E-state index contributed by atoms with van der Waals surface area (Å²) < 4.78 is 0. The van der Waals surface area contributed by atoms with Gasteiger partial charge in [0.05, 0.1) is 0 Å². The van der Waals surface area contributed by atoms with Gasteiger partial charge < -0.3 is 0 Å². The van der Waals surface area contributed by atoms with Gasteiger partial charge in [0.15, 0.2) is 0 Å². The Balaban J connectivity index is 3.31. The zero-order chi connectivity index (χ0) is 11.0. The summed E-state index contributed by atoms with van der Waals surface area (Å²) >= 11 is 0. The van der Waals surface area contributed by atoms with Crippen LogP contribution in [0.4, 0.5) is 0 Å². The molecule has 3 N–H and O–H groups in total. The van der Waals surface area contributed by atoms with Crippen LogP contribution in [0.5, 0.6) is 0 Å². The average Bonchev–Trinajstić information content (AvgIpc) is 2.01. The van der Waals surface area contributed by atoms with Crippen molar-refractivity contribution in [2.75, 3.05) is 0 Å². The molecule has 0 atom stereocenters. The molecular weight excluding hydrogens is 199 g/mol. The second-order valence-corrected chi connectivity index (χ2v) is 6.24. The molecular formula is C10H17O3P. The Morgan fingerprint density at radius 2 is 1.50 bits per heavy atom. The molecule has 0 spiro atoms. The molecule has 0 radical (unpaired) electrons. The summed E-state index contributed by atoms with van der Waals surface area (Å²) in [4.78, 5) is 27.8. The van der Waals surface area contributed by atoms with Crippen LogP contribution in [0.3, 0.4) is 0 Å². The Hall–Kier alpha value is -0.470. The van der Waals surface area contributed by atoms with E-state index in [1.165, 1.54) is 0 Å². The monoisotopic (exact) mass is 216 g/mol. The van der Waals surface area contributed by atoms with Crippen LogP contribution in [0.25, 0.3) is 0 Å². The van der Waals surface area contributed by atoms with Gasteiger partial charge in [-0.3, -0.25) is 0 Å². The molecule has 0 saturated carbocycles. The summed E-state index contributed by atoms with van der Waals surface area (Å²) in [5.74, 6) is 0. The van der Waals surface area contributed by atoms with Gasteiger partial charge in [-0.15, -0.1) is 0 Å². The fourth-order valence-electron chi connectivity index (χ4n) is 1.43. The fraction of sp³-hybridized carbons (Fsp3) is 0.400. The van der Waals surface area contributed by atoms with Crippen LogP contribution >= 0.6 is 7.94 Å². The number of benzene rings is 1. The van der Waals surface area contributed by atoms with Gasteiger partial charge >= 0.3 is 83.9 Å². The molecule has 0 saturated heterocycles. The molecule has 0 bridgehead atoms. The molecule has 0 heterocycles. The first-order valence-corrected chi connectivity index (χ1v) is 6.34. The van der Waals surface area contributed by atoms with E-state index in [2.05, 4.69) is 0 Å². The maximum absolute atomic E-state index is 9.28. The zero-order valence-electron chi connectivity index (χ0n) is 8.65. The number of hydrogen-bond donors (Lipinski definition) is 3. The standard InChI is InChI=1S/C10H17O3P/c1-10(2,3)8-6-4-5-7-9(8)14(11,12)13/h4-7,11-14H,1-3H3. The summed E-state index contributed by atoms with van der Waals surface area (Å²) in [5, 5.41) is 0.271. The molecule has 0 aliphatic heterocycles. The summed E-state index contributed by atoms with van der Waals surface area (Å²) in [6.45, 7) is 5.89. The van der Waals surface area contributed by atoms with Crippen LogP contribution in [0, 0.1) is 0 Å². The third kappa shape index (κ3) is 2.52. The van der Waals surface area contributed by atoms with E-state index in [4.69, 9.17) is 0 Å². The predicted molar refractivity (Wildman–Crippen MR) is 59.7 cm³/mol. The van der Waals surface area contributed by atoms with Gasteiger partial charge in [-0.2, -0.15) is 0 Å². The number of hydrogen-bond acceptors (Lipinski definition) is 3. The molecule has 1 rings (SSSR count). The van der Waals surface area contributed by atoms with Gasteiger partial charge in [-0.1, -0.05) is 0 Å². The van der Waals surface area contributed by atoms with Crippen molar-refractivity contribution in [2.45, 2.75) is 26.2 Å². The minimum absolute atomic E-state index is 0.205. The van der Waals surface area contributed by atoms with Crippen molar-refractivity contribution in [2.24, 2.45) is 0 Å². The molecule has 0 aliphatic rings. The number of rotatable bonds is 1. The van der Waals surface area contributed by atoms with Gasteiger partial charge in [0.2, 0.25) is 0 Å². The predicted octanol–water partition coefficient (Wildman–Crippen LogP) is 1.08. The Kier molecular flexibility index (Phi) is 2.98. The van der Waals surface area contributed by atoms with Gasteiger partial charge in [0, 0.05) is 0 Å². The van der Waals surface area contributed by atoms with E-state index in [9.17, 15) is 14.7 Å². The summed E-state index contributed by atoms with van der Waals surface area (Å²) in [6, 6.07) is 6.88. The van der Waals surface area contributed by atoms with Crippen molar-refractivity contribution in [1.82, 2.24) is 0 Å². The summed E-state index contributed by atoms with van der Waals surface area (Å²) in [7, 11) is -4.19. The molecule has 0 fully saturated rings. The van der Waals surface area contributed by atoms with E-state index in [1.807, 2.05) is 26.8 Å². The first kappa shape index (κ1) is 11.6. The molecule has 0 amide bonds. The van der Waals surface area contributed by atoms with Crippen molar-refractivity contribution in [3.05, 3.63) is 29.8 Å². The molecule has 4 heteroatoms. The van der Waals surface area contributed by atoms with E-state index in [-0.39, 0.29) is 10.7 Å². The fourth-order valence-corrected chi connectivity index (χ4v) is 2.57. The van der Waals surface area contributed by atoms with Crippen LogP contribution in [0.1, 0.15) is 26.3 Å². The van der Waals surface area contributed by atoms with Crippen molar-refractivity contribution < 1.29 is 14.7 Å². The second kappa shape index (κ2) is 3.59. The molecule has 1 aromatic rings. The van der Waals surface area contributed by atoms with Gasteiger partial charge in [-0.25, -0.2) is 0 Å². The first-order chi connectivity index (χ1) is 6.23. The van der Waals surface area contributed by atoms with E-state index in [0.29, 0.717) is 0 Å². The van der Waals surface area contributed by atoms with Gasteiger partial charge in [0.1, 0.15) is 0 Å². The Labute approximate surface area is 84.6 Å². The average molecular weight is 216 g/mol. The topological polar surface area (TPSA) is 60.7 Å². The van der Waals surface area contributed by atoms with Gasteiger partial charge in [0.25, 0.3) is 0 Å². The van der Waals surface area contributed by atoms with Crippen molar-refractivity contribution in [3.8, 4) is 0 Å². The molecule has 3 nitrogen and oxygen atoms in total. The molecule has 80 valence electrons. The SMILES string of the molecule is CC(C)(C)c1ccccc1[PH](O)(O)O. The third-order valence-corrected chi connectivity index (χ3v) is 3.26. The zero-order valence-corrected chi connectivity index (χ0v) is 9.65. The van der Waals surface area contributed by atoms with E-state index in [0.717, 1.165) is 5.56 Å².